The molecule has 0 radical (unpaired) electrons. The topological polar surface area (TPSA) is 37.3 Å². The summed E-state index contributed by atoms with van der Waals surface area (Å²) in [4.78, 5) is 11.8. The number of aliphatic hydroxyl groups is 1. The van der Waals surface area contributed by atoms with Gasteiger partial charge in [-0.05, 0) is 37.5 Å². The van der Waals surface area contributed by atoms with Gasteiger partial charge in [-0.1, -0.05) is 19.4 Å². The minimum absolute atomic E-state index is 0.0200. The Bertz CT molecular complexity index is 376. The molecule has 1 rings (SSSR count). The third kappa shape index (κ3) is 2.67. The van der Waals surface area contributed by atoms with Crippen LogP contribution in [-0.2, 0) is 0 Å². The molecule has 1 aromatic carbocycles. The SMILES string of the molecule is CCCC(O)C(=O)c1c(C)cc(C)cc1F. The van der Waals surface area contributed by atoms with E-state index in [4.69, 9.17) is 0 Å². The van der Waals surface area contributed by atoms with Crippen molar-refractivity contribution in [3.63, 3.8) is 0 Å². The molecular formula is C13H17FO2. The lowest BCUT2D eigenvalue weighted by molar-refractivity contribution is 0.0724. The maximum atomic E-state index is 13.6. The molecule has 0 aliphatic heterocycles. The van der Waals surface area contributed by atoms with Crippen LogP contribution < -0.4 is 0 Å². The standard InChI is InChI=1S/C13H17FO2/c1-4-5-11(15)13(16)12-9(3)6-8(2)7-10(12)14/h6-7,11,15H,4-5H2,1-3H3. The van der Waals surface area contributed by atoms with Crippen LogP contribution in [0.15, 0.2) is 12.1 Å². The number of ketones is 1. The van der Waals surface area contributed by atoms with Crippen LogP contribution in [0.4, 0.5) is 4.39 Å². The molecule has 3 heteroatoms. The zero-order valence-corrected chi connectivity index (χ0v) is 9.88. The van der Waals surface area contributed by atoms with Crippen LogP contribution in [-0.4, -0.2) is 17.0 Å². The number of hydrogen-bond acceptors (Lipinski definition) is 2. The van der Waals surface area contributed by atoms with Crippen LogP contribution in [0.2, 0.25) is 0 Å². The Morgan fingerprint density at radius 1 is 1.44 bits per heavy atom. The zero-order valence-electron chi connectivity index (χ0n) is 9.88. The number of carbonyl (C=O) groups excluding carboxylic acids is 1. The molecule has 0 aliphatic carbocycles. The van der Waals surface area contributed by atoms with E-state index >= 15 is 0 Å². The summed E-state index contributed by atoms with van der Waals surface area (Å²) in [5.74, 6) is -1.06. The first kappa shape index (κ1) is 12.8. The van der Waals surface area contributed by atoms with Crippen molar-refractivity contribution in [1.29, 1.82) is 0 Å². The summed E-state index contributed by atoms with van der Waals surface area (Å²) in [7, 11) is 0. The second-order valence-electron chi connectivity index (χ2n) is 4.11. The van der Waals surface area contributed by atoms with Gasteiger partial charge in [0, 0.05) is 0 Å². The Hall–Kier alpha value is -1.22. The normalized spacial score (nSPS) is 12.6. The number of rotatable bonds is 4. The average Bonchev–Trinajstić information content (AvgIpc) is 2.16. The van der Waals surface area contributed by atoms with E-state index in [1.54, 1.807) is 19.9 Å². The average molecular weight is 224 g/mol. The second-order valence-corrected chi connectivity index (χ2v) is 4.11. The van der Waals surface area contributed by atoms with E-state index < -0.39 is 17.7 Å². The van der Waals surface area contributed by atoms with Crippen LogP contribution in [0.1, 0.15) is 41.3 Å². The third-order valence-electron chi connectivity index (χ3n) is 2.54. The molecule has 16 heavy (non-hydrogen) atoms. The second kappa shape index (κ2) is 5.21. The Morgan fingerprint density at radius 3 is 2.56 bits per heavy atom. The number of aryl methyl sites for hydroxylation is 2. The van der Waals surface area contributed by atoms with Gasteiger partial charge in [0.2, 0.25) is 0 Å². The van der Waals surface area contributed by atoms with Crippen molar-refractivity contribution in [1.82, 2.24) is 0 Å². The highest BCUT2D eigenvalue weighted by Gasteiger charge is 2.21. The molecule has 0 heterocycles. The number of hydrogen-bond donors (Lipinski definition) is 1. The van der Waals surface area contributed by atoms with Crippen LogP contribution in [0.3, 0.4) is 0 Å². The Kier molecular flexibility index (Phi) is 4.19. The van der Waals surface area contributed by atoms with Crippen LogP contribution >= 0.6 is 0 Å². The van der Waals surface area contributed by atoms with Crippen molar-refractivity contribution in [2.24, 2.45) is 0 Å². The first-order chi connectivity index (χ1) is 7.47. The lowest BCUT2D eigenvalue weighted by Crippen LogP contribution is -2.22. The van der Waals surface area contributed by atoms with E-state index in [0.717, 1.165) is 5.56 Å². The highest BCUT2D eigenvalue weighted by molar-refractivity contribution is 6.00. The highest BCUT2D eigenvalue weighted by Crippen LogP contribution is 2.18. The van der Waals surface area contributed by atoms with Crippen molar-refractivity contribution in [3.8, 4) is 0 Å². The van der Waals surface area contributed by atoms with E-state index in [9.17, 15) is 14.3 Å². The Labute approximate surface area is 95.1 Å². The van der Waals surface area contributed by atoms with Crippen molar-refractivity contribution in [2.45, 2.75) is 39.7 Å². The number of Topliss-reactive ketones (excluding diaryl/α,β-unsaturated/α-hetero) is 1. The summed E-state index contributed by atoms with van der Waals surface area (Å²) in [5, 5.41) is 9.57. The van der Waals surface area contributed by atoms with Crippen molar-refractivity contribution < 1.29 is 14.3 Å². The molecule has 88 valence electrons. The molecule has 1 aromatic rings. The quantitative estimate of drug-likeness (QED) is 0.798. The fourth-order valence-corrected chi connectivity index (χ4v) is 1.80. The van der Waals surface area contributed by atoms with Crippen LogP contribution in [0.25, 0.3) is 0 Å². The van der Waals surface area contributed by atoms with E-state index in [2.05, 4.69) is 0 Å². The minimum atomic E-state index is -1.10. The lowest BCUT2D eigenvalue weighted by Gasteiger charge is -2.12. The van der Waals surface area contributed by atoms with E-state index in [1.165, 1.54) is 6.07 Å². The van der Waals surface area contributed by atoms with Gasteiger partial charge in [-0.25, -0.2) is 4.39 Å². The van der Waals surface area contributed by atoms with Crippen molar-refractivity contribution in [3.05, 3.63) is 34.6 Å². The first-order valence-electron chi connectivity index (χ1n) is 5.46. The van der Waals surface area contributed by atoms with Gasteiger partial charge in [-0.15, -0.1) is 0 Å². The molecule has 0 saturated carbocycles. The number of aliphatic hydroxyl groups excluding tert-OH is 1. The number of halogens is 1. The fraction of sp³-hybridized carbons (Fsp3) is 0.462. The summed E-state index contributed by atoms with van der Waals surface area (Å²) in [6, 6.07) is 3.06. The van der Waals surface area contributed by atoms with Gasteiger partial charge >= 0.3 is 0 Å². The van der Waals surface area contributed by atoms with Gasteiger partial charge < -0.3 is 5.11 Å². The van der Waals surface area contributed by atoms with Gasteiger partial charge in [0.25, 0.3) is 0 Å². The minimum Gasteiger partial charge on any atom is -0.385 e. The zero-order chi connectivity index (χ0) is 12.3. The molecule has 2 nitrogen and oxygen atoms in total. The predicted molar refractivity (Wildman–Crippen MR) is 61.1 cm³/mol. The highest BCUT2D eigenvalue weighted by atomic mass is 19.1. The summed E-state index contributed by atoms with van der Waals surface area (Å²) < 4.78 is 13.6. The fourth-order valence-electron chi connectivity index (χ4n) is 1.80. The van der Waals surface area contributed by atoms with Crippen LogP contribution in [0, 0.1) is 19.7 Å². The smallest absolute Gasteiger partial charge is 0.194 e. The Balaban J connectivity index is 3.08. The molecular weight excluding hydrogens is 207 g/mol. The number of benzene rings is 1. The third-order valence-corrected chi connectivity index (χ3v) is 2.54. The maximum Gasteiger partial charge on any atom is 0.194 e. The molecule has 0 bridgehead atoms. The monoisotopic (exact) mass is 224 g/mol. The van der Waals surface area contributed by atoms with E-state index in [-0.39, 0.29) is 5.56 Å². The first-order valence-corrected chi connectivity index (χ1v) is 5.46. The molecule has 0 aromatic heterocycles. The van der Waals surface area contributed by atoms with Gasteiger partial charge in [0.05, 0.1) is 5.56 Å². The summed E-state index contributed by atoms with van der Waals surface area (Å²) in [6.07, 6.45) is -0.0358. The van der Waals surface area contributed by atoms with Crippen LogP contribution in [0.5, 0.6) is 0 Å². The van der Waals surface area contributed by atoms with Crippen molar-refractivity contribution in [2.75, 3.05) is 0 Å². The number of carbonyl (C=O) groups is 1. The summed E-state index contributed by atoms with van der Waals surface area (Å²) in [5.41, 5.74) is 1.38. The molecule has 1 N–H and O–H groups in total. The molecule has 1 atom stereocenters. The van der Waals surface area contributed by atoms with Gasteiger partial charge in [0.15, 0.2) is 5.78 Å². The molecule has 0 aliphatic rings. The lowest BCUT2D eigenvalue weighted by atomic mass is 9.97. The van der Waals surface area contributed by atoms with E-state index in [0.29, 0.717) is 18.4 Å². The van der Waals surface area contributed by atoms with Gasteiger partial charge in [-0.3, -0.25) is 4.79 Å². The van der Waals surface area contributed by atoms with Gasteiger partial charge in [0.1, 0.15) is 11.9 Å². The van der Waals surface area contributed by atoms with Gasteiger partial charge in [-0.2, -0.15) is 0 Å². The molecule has 0 amide bonds. The summed E-state index contributed by atoms with van der Waals surface area (Å²) >= 11 is 0. The molecule has 0 saturated heterocycles. The largest absolute Gasteiger partial charge is 0.385 e. The maximum absolute atomic E-state index is 13.6. The van der Waals surface area contributed by atoms with E-state index in [1.807, 2.05) is 6.92 Å². The Morgan fingerprint density at radius 2 is 2.06 bits per heavy atom. The molecule has 0 spiro atoms. The predicted octanol–water partition coefficient (Wildman–Crippen LogP) is 2.79. The molecule has 1 unspecified atom stereocenters. The summed E-state index contributed by atoms with van der Waals surface area (Å²) in [6.45, 7) is 5.32. The molecule has 0 fully saturated rings. The van der Waals surface area contributed by atoms with Crippen molar-refractivity contribution >= 4 is 5.78 Å².